The van der Waals surface area contributed by atoms with Gasteiger partial charge in [-0.15, -0.1) is 0 Å². The predicted molar refractivity (Wildman–Crippen MR) is 132 cm³/mol. The fourth-order valence-electron chi connectivity index (χ4n) is 4.61. The van der Waals surface area contributed by atoms with Crippen molar-refractivity contribution in [2.75, 3.05) is 0 Å². The number of nitrogens with one attached hydrogen (secondary N) is 1. The van der Waals surface area contributed by atoms with E-state index in [1.807, 2.05) is 11.0 Å². The lowest BCUT2D eigenvalue weighted by Gasteiger charge is -2.31. The number of hydrogen-bond donors (Lipinski definition) is 1. The summed E-state index contributed by atoms with van der Waals surface area (Å²) in [5.41, 5.74) is 8.07. The second-order valence-electron chi connectivity index (χ2n) is 8.70. The second-order valence-corrected chi connectivity index (χ2v) is 8.70. The number of nitrogens with zero attached hydrogens (tertiary/aromatic N) is 2. The Balaban J connectivity index is 1.54. The third-order valence-electron chi connectivity index (χ3n) is 6.49. The quantitative estimate of drug-likeness (QED) is 0.409. The van der Waals surface area contributed by atoms with E-state index in [9.17, 15) is 4.79 Å². The van der Waals surface area contributed by atoms with Gasteiger partial charge in [-0.3, -0.25) is 0 Å². The van der Waals surface area contributed by atoms with Gasteiger partial charge in [0.15, 0.2) is 0 Å². The van der Waals surface area contributed by atoms with Crippen LogP contribution in [0.15, 0.2) is 91.1 Å². The normalized spacial score (nSPS) is 14.8. The van der Waals surface area contributed by atoms with E-state index in [-0.39, 0.29) is 12.1 Å². The average molecular weight is 436 g/mol. The Morgan fingerprint density at radius 3 is 2.39 bits per heavy atom. The maximum Gasteiger partial charge on any atom is 0.318 e. The van der Waals surface area contributed by atoms with Crippen LogP contribution in [0.25, 0.3) is 5.69 Å². The van der Waals surface area contributed by atoms with Gasteiger partial charge >= 0.3 is 6.03 Å². The standard InChI is InChI=1S/C29H29N3O/c1-3-22-14-16-24(17-15-22)28-27-9-6-18-31(27)26-8-5-4-7-25(26)20-32(28)29(33)30-19-23-12-10-21(2)11-13-23/h4-18,28H,3,19-20H2,1-2H3,(H,30,33)/t28-/m1/s1. The number of urea groups is 1. The van der Waals surface area contributed by atoms with Gasteiger partial charge < -0.3 is 14.8 Å². The highest BCUT2D eigenvalue weighted by Gasteiger charge is 2.32. The molecule has 3 aromatic carbocycles. The number of fused-ring (bicyclic) bond motifs is 3. The molecule has 0 unspecified atom stereocenters. The van der Waals surface area contributed by atoms with Gasteiger partial charge in [0, 0.05) is 18.4 Å². The highest BCUT2D eigenvalue weighted by atomic mass is 16.2. The van der Waals surface area contributed by atoms with E-state index >= 15 is 0 Å². The van der Waals surface area contributed by atoms with Crippen LogP contribution in [-0.4, -0.2) is 15.5 Å². The highest BCUT2D eigenvalue weighted by molar-refractivity contribution is 5.76. The van der Waals surface area contributed by atoms with Crippen molar-refractivity contribution in [3.63, 3.8) is 0 Å². The molecule has 0 fully saturated rings. The van der Waals surface area contributed by atoms with Crippen LogP contribution in [0.1, 0.15) is 46.5 Å². The molecule has 2 heterocycles. The summed E-state index contributed by atoms with van der Waals surface area (Å²) in [4.78, 5) is 15.6. The van der Waals surface area contributed by atoms with E-state index in [4.69, 9.17) is 0 Å². The zero-order valence-electron chi connectivity index (χ0n) is 19.2. The largest absolute Gasteiger partial charge is 0.334 e. The number of carbonyl (C=O) groups excluding carboxylic acids is 1. The van der Waals surface area contributed by atoms with Crippen molar-refractivity contribution < 1.29 is 4.79 Å². The van der Waals surface area contributed by atoms with Gasteiger partial charge in [0.05, 0.1) is 18.3 Å². The molecular weight excluding hydrogens is 406 g/mol. The van der Waals surface area contributed by atoms with Crippen molar-refractivity contribution >= 4 is 6.03 Å². The third kappa shape index (κ3) is 4.17. The fourth-order valence-corrected chi connectivity index (χ4v) is 4.61. The van der Waals surface area contributed by atoms with Gasteiger partial charge in [0.2, 0.25) is 0 Å². The van der Waals surface area contributed by atoms with Crippen molar-refractivity contribution in [1.29, 1.82) is 0 Å². The zero-order valence-corrected chi connectivity index (χ0v) is 19.2. The Bertz CT molecular complexity index is 1250. The van der Waals surface area contributed by atoms with Crippen LogP contribution >= 0.6 is 0 Å². The van der Waals surface area contributed by atoms with Crippen LogP contribution in [0.3, 0.4) is 0 Å². The van der Waals surface area contributed by atoms with E-state index in [1.165, 1.54) is 11.1 Å². The zero-order chi connectivity index (χ0) is 22.8. The maximum absolute atomic E-state index is 13.6. The van der Waals surface area contributed by atoms with Gasteiger partial charge in [-0.25, -0.2) is 4.79 Å². The maximum atomic E-state index is 13.6. The summed E-state index contributed by atoms with van der Waals surface area (Å²) in [6.45, 7) is 5.27. The van der Waals surface area contributed by atoms with Gasteiger partial charge in [-0.1, -0.05) is 79.2 Å². The molecule has 0 saturated heterocycles. The molecule has 1 aliphatic heterocycles. The summed E-state index contributed by atoms with van der Waals surface area (Å²) in [6.07, 6.45) is 3.09. The molecule has 0 radical (unpaired) electrons. The topological polar surface area (TPSA) is 37.3 Å². The monoisotopic (exact) mass is 435 g/mol. The lowest BCUT2D eigenvalue weighted by molar-refractivity contribution is 0.180. The van der Waals surface area contributed by atoms with Crippen LogP contribution in [0, 0.1) is 6.92 Å². The summed E-state index contributed by atoms with van der Waals surface area (Å²) >= 11 is 0. The fraction of sp³-hybridized carbons (Fsp3) is 0.207. The first-order valence-electron chi connectivity index (χ1n) is 11.6. The second kappa shape index (κ2) is 8.99. The molecule has 4 nitrogen and oxygen atoms in total. The van der Waals surface area contributed by atoms with Gasteiger partial charge in [-0.2, -0.15) is 0 Å². The molecule has 4 heteroatoms. The molecule has 0 aliphatic carbocycles. The lowest BCUT2D eigenvalue weighted by atomic mass is 10.00. The Hall–Kier alpha value is -3.79. The first kappa shape index (κ1) is 21.1. The number of para-hydroxylation sites is 1. The Morgan fingerprint density at radius 2 is 1.64 bits per heavy atom. The van der Waals surface area contributed by atoms with Gasteiger partial charge in [0.25, 0.3) is 0 Å². The van der Waals surface area contributed by atoms with Gasteiger partial charge in [0.1, 0.15) is 0 Å². The van der Waals surface area contributed by atoms with Crippen LogP contribution in [0.2, 0.25) is 0 Å². The Kier molecular flexibility index (Phi) is 5.74. The van der Waals surface area contributed by atoms with Crippen molar-refractivity contribution in [2.24, 2.45) is 0 Å². The van der Waals surface area contributed by atoms with Crippen molar-refractivity contribution in [3.05, 3.63) is 125 Å². The summed E-state index contributed by atoms with van der Waals surface area (Å²) in [6, 6.07) is 29.2. The molecule has 1 N–H and O–H groups in total. The first-order valence-corrected chi connectivity index (χ1v) is 11.6. The number of rotatable bonds is 4. The van der Waals surface area contributed by atoms with Gasteiger partial charge in [-0.05, 0) is 53.8 Å². The Morgan fingerprint density at radius 1 is 0.909 bits per heavy atom. The molecule has 1 aliphatic rings. The number of hydrogen-bond acceptors (Lipinski definition) is 1. The molecule has 0 bridgehead atoms. The van der Waals surface area contributed by atoms with E-state index in [0.717, 1.165) is 34.5 Å². The minimum Gasteiger partial charge on any atom is -0.334 e. The molecule has 0 spiro atoms. The molecule has 0 saturated carbocycles. The van der Waals surface area contributed by atoms with Crippen molar-refractivity contribution in [3.8, 4) is 5.69 Å². The lowest BCUT2D eigenvalue weighted by Crippen LogP contribution is -2.41. The molecule has 1 atom stereocenters. The summed E-state index contributed by atoms with van der Waals surface area (Å²) in [5.74, 6) is 0. The van der Waals surface area contributed by atoms with Crippen molar-refractivity contribution in [2.45, 2.75) is 39.4 Å². The number of benzene rings is 3. The average Bonchev–Trinajstić information content (AvgIpc) is 3.28. The van der Waals surface area contributed by atoms with Crippen LogP contribution in [0.5, 0.6) is 0 Å². The molecular formula is C29H29N3O. The summed E-state index contributed by atoms with van der Waals surface area (Å²) in [7, 11) is 0. The van der Waals surface area contributed by atoms with E-state index in [1.54, 1.807) is 0 Å². The summed E-state index contributed by atoms with van der Waals surface area (Å²) in [5, 5.41) is 3.17. The molecule has 5 rings (SSSR count). The minimum absolute atomic E-state index is 0.0652. The number of aromatic nitrogens is 1. The summed E-state index contributed by atoms with van der Waals surface area (Å²) < 4.78 is 2.22. The van der Waals surface area contributed by atoms with Crippen LogP contribution < -0.4 is 5.32 Å². The first-order chi connectivity index (χ1) is 16.1. The Labute approximate surface area is 195 Å². The number of carbonyl (C=O) groups is 1. The van der Waals surface area contributed by atoms with E-state index < -0.39 is 0 Å². The van der Waals surface area contributed by atoms with E-state index in [0.29, 0.717) is 13.1 Å². The molecule has 2 amide bonds. The van der Waals surface area contributed by atoms with E-state index in [2.05, 4.69) is 109 Å². The van der Waals surface area contributed by atoms with Crippen LogP contribution in [-0.2, 0) is 19.5 Å². The van der Waals surface area contributed by atoms with Crippen LogP contribution in [0.4, 0.5) is 4.79 Å². The number of amides is 2. The smallest absolute Gasteiger partial charge is 0.318 e. The molecule has 166 valence electrons. The predicted octanol–water partition coefficient (Wildman–Crippen LogP) is 6.16. The third-order valence-corrected chi connectivity index (χ3v) is 6.49. The minimum atomic E-state index is -0.184. The molecule has 4 aromatic rings. The number of aryl methyl sites for hydroxylation is 2. The van der Waals surface area contributed by atoms with Crippen molar-refractivity contribution in [1.82, 2.24) is 14.8 Å². The SMILES string of the molecule is CCc1ccc([C@@H]2c3cccn3-c3ccccc3CN2C(=O)NCc2ccc(C)cc2)cc1. The molecule has 1 aromatic heterocycles. The highest BCUT2D eigenvalue weighted by Crippen LogP contribution is 2.36. The molecule has 33 heavy (non-hydrogen) atoms.